The molecule has 0 bridgehead atoms. The molecule has 1 N–H and O–H groups in total. The third-order valence-corrected chi connectivity index (χ3v) is 2.55. The summed E-state index contributed by atoms with van der Waals surface area (Å²) in [5.41, 5.74) is 1.99. The lowest BCUT2D eigenvalue weighted by molar-refractivity contribution is 0.0983. The van der Waals surface area contributed by atoms with E-state index in [1.807, 2.05) is 25.1 Å². The number of hydrogen-bond donors (Lipinski definition) is 1. The minimum Gasteiger partial charge on any atom is -0.496 e. The van der Waals surface area contributed by atoms with E-state index in [-0.39, 0.29) is 5.78 Å². The molecule has 0 fully saturated rings. The second-order valence-electron chi connectivity index (χ2n) is 3.85. The summed E-state index contributed by atoms with van der Waals surface area (Å²) < 4.78 is 5.24. The second kappa shape index (κ2) is 4.82. The topological polar surface area (TPSA) is 55.0 Å². The Morgan fingerprint density at radius 1 is 1.47 bits per heavy atom. The first kappa shape index (κ1) is 11.4. The van der Waals surface area contributed by atoms with Crippen molar-refractivity contribution in [2.75, 3.05) is 7.11 Å². The molecule has 4 heteroatoms. The van der Waals surface area contributed by atoms with Gasteiger partial charge < -0.3 is 9.72 Å². The predicted octanol–water partition coefficient (Wildman–Crippen LogP) is 2.15. The number of hydrogen-bond acceptors (Lipinski definition) is 3. The number of imidazole rings is 1. The minimum absolute atomic E-state index is 0.0427. The van der Waals surface area contributed by atoms with Gasteiger partial charge >= 0.3 is 0 Å². The maximum Gasteiger partial charge on any atom is 0.202 e. The second-order valence-corrected chi connectivity index (χ2v) is 3.85. The number of nitrogens with zero attached hydrogens (tertiary/aromatic N) is 1. The first-order valence-electron chi connectivity index (χ1n) is 5.37. The first-order chi connectivity index (χ1) is 8.20. The molecule has 1 aromatic carbocycles. The molecule has 2 rings (SSSR count). The van der Waals surface area contributed by atoms with E-state index in [0.29, 0.717) is 12.2 Å². The van der Waals surface area contributed by atoms with Crippen molar-refractivity contribution in [1.29, 1.82) is 0 Å². The van der Waals surface area contributed by atoms with Gasteiger partial charge in [0, 0.05) is 24.4 Å². The van der Waals surface area contributed by atoms with Crippen molar-refractivity contribution in [3.05, 3.63) is 47.5 Å². The summed E-state index contributed by atoms with van der Waals surface area (Å²) in [6, 6.07) is 5.79. The summed E-state index contributed by atoms with van der Waals surface area (Å²) in [6.45, 7) is 1.99. The molecule has 0 aliphatic carbocycles. The highest BCUT2D eigenvalue weighted by atomic mass is 16.5. The van der Waals surface area contributed by atoms with E-state index in [1.165, 1.54) is 0 Å². The van der Waals surface area contributed by atoms with Crippen LogP contribution >= 0.6 is 0 Å². The number of Topliss-reactive ketones (excluding diaryl/α,β-unsaturated/α-hetero) is 1. The van der Waals surface area contributed by atoms with Crippen molar-refractivity contribution in [2.24, 2.45) is 0 Å². The summed E-state index contributed by atoms with van der Waals surface area (Å²) in [5.74, 6) is 1.07. The van der Waals surface area contributed by atoms with Crippen LogP contribution in [0.3, 0.4) is 0 Å². The number of aromatic amines is 1. The Morgan fingerprint density at radius 2 is 2.29 bits per heavy atom. The normalized spacial score (nSPS) is 10.2. The molecule has 2 aromatic rings. The molecule has 0 aliphatic heterocycles. The Kier molecular flexibility index (Phi) is 3.23. The van der Waals surface area contributed by atoms with E-state index in [1.54, 1.807) is 19.5 Å². The van der Waals surface area contributed by atoms with E-state index in [0.717, 1.165) is 16.9 Å². The summed E-state index contributed by atoms with van der Waals surface area (Å²) in [7, 11) is 1.60. The number of rotatable bonds is 4. The highest BCUT2D eigenvalue weighted by Crippen LogP contribution is 2.20. The van der Waals surface area contributed by atoms with Crippen molar-refractivity contribution >= 4 is 5.78 Å². The molecule has 0 radical (unpaired) electrons. The monoisotopic (exact) mass is 230 g/mol. The Hall–Kier alpha value is -2.10. The van der Waals surface area contributed by atoms with Gasteiger partial charge in [0.05, 0.1) is 7.11 Å². The fourth-order valence-electron chi connectivity index (χ4n) is 1.72. The molecule has 1 heterocycles. The summed E-state index contributed by atoms with van der Waals surface area (Å²) in [5, 5.41) is 0. The lowest BCUT2D eigenvalue weighted by atomic mass is 10.0. The number of carbonyl (C=O) groups excluding carboxylic acids is 1. The van der Waals surface area contributed by atoms with Crippen molar-refractivity contribution in [3.8, 4) is 5.75 Å². The molecule has 0 unspecified atom stereocenters. The molecule has 0 spiro atoms. The summed E-state index contributed by atoms with van der Waals surface area (Å²) in [4.78, 5) is 18.7. The fourth-order valence-corrected chi connectivity index (χ4v) is 1.72. The lowest BCUT2D eigenvalue weighted by Gasteiger charge is -2.08. The van der Waals surface area contributed by atoms with E-state index in [4.69, 9.17) is 4.74 Å². The van der Waals surface area contributed by atoms with Gasteiger partial charge in [0.2, 0.25) is 5.78 Å². The van der Waals surface area contributed by atoms with Gasteiger partial charge in [0.1, 0.15) is 5.75 Å². The Bertz CT molecular complexity index is 518. The average Bonchev–Trinajstić information content (AvgIpc) is 2.83. The molecule has 0 saturated carbocycles. The molecule has 4 nitrogen and oxygen atoms in total. The zero-order valence-electron chi connectivity index (χ0n) is 9.86. The van der Waals surface area contributed by atoms with E-state index >= 15 is 0 Å². The van der Waals surface area contributed by atoms with Crippen molar-refractivity contribution < 1.29 is 9.53 Å². The number of H-pyrrole nitrogens is 1. The maximum absolute atomic E-state index is 11.9. The number of benzene rings is 1. The molecule has 0 amide bonds. The number of ether oxygens (including phenoxy) is 1. The third-order valence-electron chi connectivity index (χ3n) is 2.55. The van der Waals surface area contributed by atoms with Crippen LogP contribution in [0.1, 0.15) is 21.7 Å². The molecule has 88 valence electrons. The number of aryl methyl sites for hydroxylation is 1. The van der Waals surface area contributed by atoms with Gasteiger partial charge in [-0.2, -0.15) is 0 Å². The van der Waals surface area contributed by atoms with Crippen LogP contribution in [-0.4, -0.2) is 22.9 Å². The number of aromatic nitrogens is 2. The molecular weight excluding hydrogens is 216 g/mol. The standard InChI is InChI=1S/C13H14N2O2/c1-9-3-4-12(17-2)10(7-9)8-11(16)13-14-5-6-15-13/h3-7H,8H2,1-2H3,(H,14,15). The number of carbonyl (C=O) groups is 1. The van der Waals surface area contributed by atoms with Crippen molar-refractivity contribution in [1.82, 2.24) is 9.97 Å². The van der Waals surface area contributed by atoms with Crippen LogP contribution in [0.15, 0.2) is 30.6 Å². The van der Waals surface area contributed by atoms with E-state index < -0.39 is 0 Å². The Labute approximate surface area is 99.7 Å². The Morgan fingerprint density at radius 3 is 2.94 bits per heavy atom. The van der Waals surface area contributed by atoms with Gasteiger partial charge in [-0.05, 0) is 13.0 Å². The molecule has 1 aromatic heterocycles. The summed E-state index contributed by atoms with van der Waals surface area (Å²) in [6.07, 6.45) is 3.50. The molecular formula is C13H14N2O2. The van der Waals surface area contributed by atoms with Crippen LogP contribution in [0, 0.1) is 6.92 Å². The van der Waals surface area contributed by atoms with E-state index in [9.17, 15) is 4.79 Å². The zero-order chi connectivity index (χ0) is 12.3. The minimum atomic E-state index is -0.0427. The van der Waals surface area contributed by atoms with Crippen LogP contribution in [0.25, 0.3) is 0 Å². The van der Waals surface area contributed by atoms with Gasteiger partial charge in [-0.3, -0.25) is 4.79 Å². The van der Waals surface area contributed by atoms with Crippen LogP contribution in [0.5, 0.6) is 5.75 Å². The maximum atomic E-state index is 11.9. The number of nitrogens with one attached hydrogen (secondary N) is 1. The predicted molar refractivity (Wildman–Crippen MR) is 64.4 cm³/mol. The molecule has 17 heavy (non-hydrogen) atoms. The van der Waals surface area contributed by atoms with E-state index in [2.05, 4.69) is 9.97 Å². The van der Waals surface area contributed by atoms with Crippen LogP contribution in [0.4, 0.5) is 0 Å². The van der Waals surface area contributed by atoms with Crippen LogP contribution in [0.2, 0.25) is 0 Å². The highest BCUT2D eigenvalue weighted by molar-refractivity contribution is 5.94. The molecule has 0 atom stereocenters. The van der Waals surface area contributed by atoms with Crippen LogP contribution < -0.4 is 4.74 Å². The van der Waals surface area contributed by atoms with Gasteiger partial charge in [0.25, 0.3) is 0 Å². The third kappa shape index (κ3) is 2.53. The largest absolute Gasteiger partial charge is 0.496 e. The van der Waals surface area contributed by atoms with Gasteiger partial charge in [-0.1, -0.05) is 17.7 Å². The zero-order valence-corrected chi connectivity index (χ0v) is 9.86. The van der Waals surface area contributed by atoms with Crippen LogP contribution in [-0.2, 0) is 6.42 Å². The van der Waals surface area contributed by atoms with Crippen molar-refractivity contribution in [3.63, 3.8) is 0 Å². The average molecular weight is 230 g/mol. The highest BCUT2D eigenvalue weighted by Gasteiger charge is 2.12. The quantitative estimate of drug-likeness (QED) is 0.819. The number of ketones is 1. The SMILES string of the molecule is COc1ccc(C)cc1CC(=O)c1ncc[nH]1. The Balaban J connectivity index is 2.23. The summed E-state index contributed by atoms with van der Waals surface area (Å²) >= 11 is 0. The lowest BCUT2D eigenvalue weighted by Crippen LogP contribution is -2.07. The smallest absolute Gasteiger partial charge is 0.202 e. The molecule has 0 aliphatic rings. The fraction of sp³-hybridized carbons (Fsp3) is 0.231. The molecule has 0 saturated heterocycles. The van der Waals surface area contributed by atoms with Gasteiger partial charge in [0.15, 0.2) is 5.82 Å². The number of methoxy groups -OCH3 is 1. The van der Waals surface area contributed by atoms with Crippen molar-refractivity contribution in [2.45, 2.75) is 13.3 Å². The van der Waals surface area contributed by atoms with Gasteiger partial charge in [-0.15, -0.1) is 0 Å². The first-order valence-corrected chi connectivity index (χ1v) is 5.37. The van der Waals surface area contributed by atoms with Gasteiger partial charge in [-0.25, -0.2) is 4.98 Å².